The van der Waals surface area contributed by atoms with Gasteiger partial charge < -0.3 is 9.84 Å². The third-order valence-electron chi connectivity index (χ3n) is 1.32. The van der Waals surface area contributed by atoms with E-state index in [1.54, 1.807) is 0 Å². The van der Waals surface area contributed by atoms with E-state index in [9.17, 15) is 18.0 Å². The molecule has 0 aliphatic rings. The van der Waals surface area contributed by atoms with E-state index < -0.39 is 27.8 Å². The number of aliphatic carboxylic acids is 1. The standard InChI is InChI=1S/C6H10O5S.C4H6O2/c1-2-6(7)11-4-3-5-12(8,9)10;1-3(2)4(5)6/h2H,1,3-5H2,(H,8,9,10);1H2,2H3,(H,5,6). The Kier molecular flexibility index (Phi) is 9.73. The van der Waals surface area contributed by atoms with Crippen molar-refractivity contribution in [2.75, 3.05) is 12.4 Å². The van der Waals surface area contributed by atoms with Gasteiger partial charge in [-0.1, -0.05) is 13.2 Å². The number of esters is 1. The van der Waals surface area contributed by atoms with Crippen LogP contribution in [0.2, 0.25) is 0 Å². The first-order valence-corrected chi connectivity index (χ1v) is 6.34. The van der Waals surface area contributed by atoms with Crippen molar-refractivity contribution in [1.29, 1.82) is 0 Å². The van der Waals surface area contributed by atoms with Gasteiger partial charge in [-0.3, -0.25) is 4.55 Å². The van der Waals surface area contributed by atoms with Crippen molar-refractivity contribution < 1.29 is 32.4 Å². The molecule has 104 valence electrons. The number of rotatable bonds is 6. The second kappa shape index (κ2) is 9.37. The number of hydrogen-bond donors (Lipinski definition) is 2. The summed E-state index contributed by atoms with van der Waals surface area (Å²) in [5.41, 5.74) is 0.176. The van der Waals surface area contributed by atoms with Gasteiger partial charge in [-0.25, -0.2) is 9.59 Å². The van der Waals surface area contributed by atoms with E-state index in [4.69, 9.17) is 9.66 Å². The fourth-order valence-electron chi connectivity index (χ4n) is 0.473. The van der Waals surface area contributed by atoms with Crippen molar-refractivity contribution >= 4 is 22.1 Å². The molecule has 7 nitrogen and oxygen atoms in total. The Morgan fingerprint density at radius 1 is 1.39 bits per heavy atom. The summed E-state index contributed by atoms with van der Waals surface area (Å²) in [6.45, 7) is 7.71. The predicted octanol–water partition coefficient (Wildman–Crippen LogP) is 0.641. The molecule has 8 heteroatoms. The topological polar surface area (TPSA) is 118 Å². The lowest BCUT2D eigenvalue weighted by Gasteiger charge is -1.99. The lowest BCUT2D eigenvalue weighted by atomic mass is 10.4. The fraction of sp³-hybridized carbons (Fsp3) is 0.400. The van der Waals surface area contributed by atoms with E-state index in [-0.39, 0.29) is 18.6 Å². The van der Waals surface area contributed by atoms with Crippen LogP contribution in [0.1, 0.15) is 13.3 Å². The van der Waals surface area contributed by atoms with Gasteiger partial charge >= 0.3 is 11.9 Å². The third kappa shape index (κ3) is 16.7. The molecule has 0 aromatic carbocycles. The summed E-state index contributed by atoms with van der Waals surface area (Å²) < 4.78 is 33.0. The highest BCUT2D eigenvalue weighted by molar-refractivity contribution is 7.85. The van der Waals surface area contributed by atoms with Crippen molar-refractivity contribution in [1.82, 2.24) is 0 Å². The minimum absolute atomic E-state index is 0.0371. The van der Waals surface area contributed by atoms with Crippen LogP contribution in [0.4, 0.5) is 0 Å². The molecule has 0 amide bonds. The molecule has 0 heterocycles. The molecule has 2 N–H and O–H groups in total. The van der Waals surface area contributed by atoms with Gasteiger partial charge in [-0.15, -0.1) is 0 Å². The highest BCUT2D eigenvalue weighted by Crippen LogP contribution is 1.90. The first kappa shape index (κ1) is 18.7. The van der Waals surface area contributed by atoms with Crippen molar-refractivity contribution in [2.45, 2.75) is 13.3 Å². The van der Waals surface area contributed by atoms with Gasteiger partial charge in [0.2, 0.25) is 0 Å². The number of carbonyl (C=O) groups is 2. The van der Waals surface area contributed by atoms with Gasteiger partial charge in [0, 0.05) is 11.6 Å². The van der Waals surface area contributed by atoms with Gasteiger partial charge in [0.1, 0.15) is 0 Å². The summed E-state index contributed by atoms with van der Waals surface area (Å²) in [5.74, 6) is -1.95. The zero-order chi connectivity index (χ0) is 14.8. The van der Waals surface area contributed by atoms with Crippen LogP contribution in [0.15, 0.2) is 24.8 Å². The molecule has 0 saturated carbocycles. The largest absolute Gasteiger partial charge is 0.478 e. The van der Waals surface area contributed by atoms with Crippen molar-refractivity contribution in [2.24, 2.45) is 0 Å². The van der Waals surface area contributed by atoms with Crippen LogP contribution >= 0.6 is 0 Å². The predicted molar refractivity (Wildman–Crippen MR) is 64.6 cm³/mol. The highest BCUT2D eigenvalue weighted by atomic mass is 32.2. The summed E-state index contributed by atoms with van der Waals surface area (Å²) in [6.07, 6.45) is 1.06. The van der Waals surface area contributed by atoms with Crippen molar-refractivity contribution in [3.63, 3.8) is 0 Å². The van der Waals surface area contributed by atoms with Crippen LogP contribution in [-0.4, -0.2) is 42.4 Å². The molecule has 0 rings (SSSR count). The lowest BCUT2D eigenvalue weighted by Crippen LogP contribution is -2.09. The van der Waals surface area contributed by atoms with Crippen LogP contribution in [0.3, 0.4) is 0 Å². The average molecular weight is 280 g/mol. The minimum atomic E-state index is -3.95. The zero-order valence-electron chi connectivity index (χ0n) is 9.96. The van der Waals surface area contributed by atoms with Crippen LogP contribution in [0, 0.1) is 0 Å². The summed E-state index contributed by atoms with van der Waals surface area (Å²) in [7, 11) is -3.95. The molecule has 0 aromatic heterocycles. The molecule has 0 aromatic rings. The molecule has 0 radical (unpaired) electrons. The number of carboxylic acids is 1. The molecular formula is C10H16O7S. The summed E-state index contributed by atoms with van der Waals surface area (Å²) >= 11 is 0. The van der Waals surface area contributed by atoms with Gasteiger partial charge in [0.05, 0.1) is 12.4 Å². The van der Waals surface area contributed by atoms with Gasteiger partial charge in [-0.2, -0.15) is 8.42 Å². The second-order valence-electron chi connectivity index (χ2n) is 3.10. The Bertz CT molecular complexity index is 396. The molecule has 0 atom stereocenters. The minimum Gasteiger partial charge on any atom is -0.478 e. The fourth-order valence-corrected chi connectivity index (χ4v) is 0.956. The Morgan fingerprint density at radius 3 is 2.11 bits per heavy atom. The Balaban J connectivity index is 0. The van der Waals surface area contributed by atoms with Crippen LogP contribution < -0.4 is 0 Å². The number of carboxylic acid groups (broad SMARTS) is 1. The first-order valence-electron chi connectivity index (χ1n) is 4.73. The smallest absolute Gasteiger partial charge is 0.330 e. The molecule has 0 aliphatic heterocycles. The van der Waals surface area contributed by atoms with Gasteiger partial charge in [0.15, 0.2) is 0 Å². The lowest BCUT2D eigenvalue weighted by molar-refractivity contribution is -0.137. The Labute approximate surface area is 106 Å². The maximum Gasteiger partial charge on any atom is 0.330 e. The molecule has 0 spiro atoms. The summed E-state index contributed by atoms with van der Waals surface area (Å²) in [4.78, 5) is 20.0. The maximum atomic E-state index is 10.4. The molecule has 18 heavy (non-hydrogen) atoms. The zero-order valence-corrected chi connectivity index (χ0v) is 10.8. The van der Waals surface area contributed by atoms with Crippen LogP contribution in [0.25, 0.3) is 0 Å². The van der Waals surface area contributed by atoms with Crippen LogP contribution in [-0.2, 0) is 24.4 Å². The maximum absolute atomic E-state index is 10.4. The summed E-state index contributed by atoms with van der Waals surface area (Å²) in [5, 5.41) is 7.89. The van der Waals surface area contributed by atoms with E-state index >= 15 is 0 Å². The Hall–Kier alpha value is -1.67. The SMILES string of the molecule is C=C(C)C(=O)O.C=CC(=O)OCCCS(=O)(=O)O. The third-order valence-corrected chi connectivity index (χ3v) is 2.13. The normalized spacial score (nSPS) is 9.67. The van der Waals surface area contributed by atoms with Crippen molar-refractivity contribution in [3.8, 4) is 0 Å². The van der Waals surface area contributed by atoms with E-state index in [1.807, 2.05) is 0 Å². The van der Waals surface area contributed by atoms with Gasteiger partial charge in [0.25, 0.3) is 10.1 Å². The Morgan fingerprint density at radius 2 is 1.83 bits per heavy atom. The van der Waals surface area contributed by atoms with E-state index in [0.29, 0.717) is 0 Å². The van der Waals surface area contributed by atoms with E-state index in [0.717, 1.165) is 6.08 Å². The monoisotopic (exact) mass is 280 g/mol. The molecule has 0 fully saturated rings. The van der Waals surface area contributed by atoms with Gasteiger partial charge in [-0.05, 0) is 13.3 Å². The highest BCUT2D eigenvalue weighted by Gasteiger charge is 2.04. The molecule has 0 unspecified atom stereocenters. The second-order valence-corrected chi connectivity index (χ2v) is 4.67. The number of carbonyl (C=O) groups excluding carboxylic acids is 1. The molecule has 0 aliphatic carbocycles. The van der Waals surface area contributed by atoms with Crippen LogP contribution in [0.5, 0.6) is 0 Å². The molecule has 0 bridgehead atoms. The molecule has 0 saturated heterocycles. The quantitative estimate of drug-likeness (QED) is 0.317. The number of ether oxygens (including phenoxy) is 1. The number of hydrogen-bond acceptors (Lipinski definition) is 5. The molecular weight excluding hydrogens is 264 g/mol. The first-order chi connectivity index (χ1) is 8.10. The van der Waals surface area contributed by atoms with E-state index in [1.165, 1.54) is 6.92 Å². The van der Waals surface area contributed by atoms with Crippen molar-refractivity contribution in [3.05, 3.63) is 24.8 Å². The average Bonchev–Trinajstić information content (AvgIpc) is 2.23. The summed E-state index contributed by atoms with van der Waals surface area (Å²) in [6, 6.07) is 0. The van der Waals surface area contributed by atoms with E-state index in [2.05, 4.69) is 17.9 Å².